The molecule has 1 unspecified atom stereocenters. The molecule has 0 radical (unpaired) electrons. The fourth-order valence-corrected chi connectivity index (χ4v) is 4.00. The summed E-state index contributed by atoms with van der Waals surface area (Å²) in [6.07, 6.45) is -4.28. The molecule has 1 aliphatic rings. The Morgan fingerprint density at radius 3 is 2.49 bits per heavy atom. The van der Waals surface area contributed by atoms with Gasteiger partial charge in [0.2, 0.25) is 17.7 Å². The number of carbonyl (C=O) groups is 1. The van der Waals surface area contributed by atoms with Crippen LogP contribution in [0.25, 0.3) is 11.3 Å². The largest absolute Gasteiger partial charge is 0.449 e. The first-order chi connectivity index (χ1) is 16.5. The van der Waals surface area contributed by atoms with Crippen LogP contribution in [0.15, 0.2) is 30.5 Å². The molecule has 35 heavy (non-hydrogen) atoms. The van der Waals surface area contributed by atoms with Gasteiger partial charge in [-0.2, -0.15) is 17.6 Å². The number of hydrogen-bond donors (Lipinski definition) is 1. The van der Waals surface area contributed by atoms with Gasteiger partial charge in [0.25, 0.3) is 0 Å². The minimum Gasteiger partial charge on any atom is -0.335 e. The predicted molar refractivity (Wildman–Crippen MR) is 108 cm³/mol. The van der Waals surface area contributed by atoms with Crippen molar-refractivity contribution in [1.82, 2.24) is 19.4 Å². The summed E-state index contributed by atoms with van der Waals surface area (Å²) in [4.78, 5) is 21.1. The Labute approximate surface area is 194 Å². The molecule has 4 rings (SSSR count). The number of imidazole rings is 1. The minimum atomic E-state index is -4.81. The van der Waals surface area contributed by atoms with Crippen molar-refractivity contribution >= 4 is 5.91 Å². The second-order valence-corrected chi connectivity index (χ2v) is 8.06. The summed E-state index contributed by atoms with van der Waals surface area (Å²) in [6.45, 7) is -0.665. The van der Waals surface area contributed by atoms with Gasteiger partial charge in [0, 0.05) is 37.8 Å². The number of halogens is 7. The van der Waals surface area contributed by atoms with E-state index >= 15 is 0 Å². The van der Waals surface area contributed by atoms with Crippen LogP contribution in [0, 0.1) is 23.4 Å². The maximum absolute atomic E-state index is 14.3. The number of alkyl halides is 3. The molecule has 0 saturated carbocycles. The smallest absolute Gasteiger partial charge is 0.335 e. The number of pyridine rings is 1. The lowest BCUT2D eigenvalue weighted by molar-refractivity contribution is -0.148. The molecular formula is C22H18F7N5O. The van der Waals surface area contributed by atoms with Crippen LogP contribution >= 0.6 is 0 Å². The van der Waals surface area contributed by atoms with Crippen molar-refractivity contribution < 1.29 is 35.5 Å². The zero-order valence-corrected chi connectivity index (χ0v) is 17.9. The number of amides is 1. The lowest BCUT2D eigenvalue weighted by atomic mass is 10.0. The number of rotatable bonds is 5. The first kappa shape index (κ1) is 24.6. The number of fused-ring (bicyclic) bond motifs is 1. The predicted octanol–water partition coefficient (Wildman–Crippen LogP) is 3.82. The zero-order valence-electron chi connectivity index (χ0n) is 17.9. The van der Waals surface area contributed by atoms with Crippen molar-refractivity contribution in [2.45, 2.75) is 38.1 Å². The second kappa shape index (κ2) is 9.29. The average Bonchev–Trinajstić information content (AvgIpc) is 3.17. The van der Waals surface area contributed by atoms with Gasteiger partial charge in [-0.15, -0.1) is 0 Å². The van der Waals surface area contributed by atoms with Crippen LogP contribution in [0.1, 0.15) is 23.5 Å². The molecule has 0 saturated heterocycles. The Balaban J connectivity index is 1.55. The summed E-state index contributed by atoms with van der Waals surface area (Å²) in [5, 5.41) is 0. The Morgan fingerprint density at radius 1 is 1.09 bits per heavy atom. The molecule has 3 heterocycles. The topological polar surface area (TPSA) is 77.0 Å². The summed E-state index contributed by atoms with van der Waals surface area (Å²) < 4.78 is 96.2. The summed E-state index contributed by atoms with van der Waals surface area (Å²) in [5.41, 5.74) is 5.14. The van der Waals surface area contributed by atoms with E-state index in [4.69, 9.17) is 5.73 Å². The quantitative estimate of drug-likeness (QED) is 0.328. The molecule has 2 N–H and O–H groups in total. The standard InChI is InChI=1S/C22H18F7N5O/c23-14-9-16(25)15(24)7-11(14)6-12(30)8-18(35)33-4-5-34-17(10-33)19(32-21(34)22(27,28)29)13-2-1-3-31-20(13)26/h1-3,7,9,12H,4-6,8,10,30H2. The molecule has 0 spiro atoms. The lowest BCUT2D eigenvalue weighted by Gasteiger charge is -2.30. The van der Waals surface area contributed by atoms with E-state index in [0.29, 0.717) is 12.1 Å². The highest BCUT2D eigenvalue weighted by Crippen LogP contribution is 2.36. The van der Waals surface area contributed by atoms with Gasteiger partial charge in [-0.3, -0.25) is 4.79 Å². The number of nitrogens with zero attached hydrogens (tertiary/aromatic N) is 4. The highest BCUT2D eigenvalue weighted by atomic mass is 19.4. The lowest BCUT2D eigenvalue weighted by Crippen LogP contribution is -2.42. The molecule has 1 atom stereocenters. The Bertz CT molecular complexity index is 1270. The minimum absolute atomic E-state index is 0.0240. The van der Waals surface area contributed by atoms with Crippen molar-refractivity contribution in [3.05, 3.63) is 70.9 Å². The van der Waals surface area contributed by atoms with Crippen LogP contribution in [0.3, 0.4) is 0 Å². The van der Waals surface area contributed by atoms with Crippen molar-refractivity contribution in [3.8, 4) is 11.3 Å². The monoisotopic (exact) mass is 501 g/mol. The van der Waals surface area contributed by atoms with Gasteiger partial charge in [-0.05, 0) is 30.2 Å². The second-order valence-electron chi connectivity index (χ2n) is 8.06. The number of aromatic nitrogens is 3. The van der Waals surface area contributed by atoms with Crippen LogP contribution in [-0.2, 0) is 30.5 Å². The third kappa shape index (κ3) is 4.99. The van der Waals surface area contributed by atoms with E-state index < -0.39 is 47.3 Å². The van der Waals surface area contributed by atoms with Crippen molar-refractivity contribution in [1.29, 1.82) is 0 Å². The van der Waals surface area contributed by atoms with Crippen LogP contribution in [0.5, 0.6) is 0 Å². The highest BCUT2D eigenvalue weighted by Gasteiger charge is 2.41. The third-order valence-electron chi connectivity index (χ3n) is 5.64. The average molecular weight is 501 g/mol. The molecule has 13 heteroatoms. The van der Waals surface area contributed by atoms with E-state index in [1.165, 1.54) is 17.0 Å². The van der Waals surface area contributed by atoms with Gasteiger partial charge < -0.3 is 15.2 Å². The van der Waals surface area contributed by atoms with Gasteiger partial charge in [0.05, 0.1) is 23.5 Å². The van der Waals surface area contributed by atoms with E-state index in [1.54, 1.807) is 0 Å². The number of hydrogen-bond acceptors (Lipinski definition) is 4. The maximum atomic E-state index is 14.3. The molecule has 186 valence electrons. The number of nitrogens with two attached hydrogens (primary N) is 1. The van der Waals surface area contributed by atoms with Crippen molar-refractivity contribution in [3.63, 3.8) is 0 Å². The molecule has 0 bridgehead atoms. The fourth-order valence-electron chi connectivity index (χ4n) is 4.00. The van der Waals surface area contributed by atoms with Crippen LogP contribution < -0.4 is 5.73 Å². The van der Waals surface area contributed by atoms with E-state index in [9.17, 15) is 35.5 Å². The molecule has 0 fully saturated rings. The van der Waals surface area contributed by atoms with Gasteiger partial charge in [0.15, 0.2) is 11.6 Å². The van der Waals surface area contributed by atoms with Gasteiger partial charge >= 0.3 is 6.18 Å². The van der Waals surface area contributed by atoms with Crippen LogP contribution in [0.2, 0.25) is 0 Å². The summed E-state index contributed by atoms with van der Waals surface area (Å²) >= 11 is 0. The van der Waals surface area contributed by atoms with Gasteiger partial charge in [0.1, 0.15) is 5.82 Å². The number of benzene rings is 1. The molecule has 3 aromatic rings. The van der Waals surface area contributed by atoms with E-state index in [1.807, 2.05) is 0 Å². The Morgan fingerprint density at radius 2 is 1.80 bits per heavy atom. The highest BCUT2D eigenvalue weighted by molar-refractivity contribution is 5.77. The Hall–Kier alpha value is -3.48. The van der Waals surface area contributed by atoms with E-state index in [0.717, 1.165) is 10.8 Å². The van der Waals surface area contributed by atoms with Gasteiger partial charge in [-0.25, -0.2) is 23.1 Å². The number of carbonyl (C=O) groups excluding carboxylic acids is 1. The summed E-state index contributed by atoms with van der Waals surface area (Å²) in [6, 6.07) is 2.64. The first-order valence-electron chi connectivity index (χ1n) is 10.4. The fraction of sp³-hybridized carbons (Fsp3) is 0.318. The van der Waals surface area contributed by atoms with Crippen molar-refractivity contribution in [2.24, 2.45) is 5.73 Å². The summed E-state index contributed by atoms with van der Waals surface area (Å²) in [7, 11) is 0. The van der Waals surface area contributed by atoms with Crippen LogP contribution in [0.4, 0.5) is 30.7 Å². The SMILES string of the molecule is NC(CC(=O)N1CCn2c(C(F)(F)F)nc(-c3cccnc3F)c2C1)Cc1cc(F)c(F)cc1F. The molecule has 1 aliphatic heterocycles. The summed E-state index contributed by atoms with van der Waals surface area (Å²) in [5.74, 6) is -6.43. The normalized spacial score (nSPS) is 14.7. The molecule has 1 aromatic carbocycles. The molecule has 0 aliphatic carbocycles. The zero-order chi connectivity index (χ0) is 25.5. The molecular weight excluding hydrogens is 483 g/mol. The van der Waals surface area contributed by atoms with Gasteiger partial charge in [-0.1, -0.05) is 0 Å². The molecule has 1 amide bonds. The maximum Gasteiger partial charge on any atom is 0.449 e. The third-order valence-corrected chi connectivity index (χ3v) is 5.64. The van der Waals surface area contributed by atoms with E-state index in [-0.39, 0.29) is 55.0 Å². The van der Waals surface area contributed by atoms with Crippen LogP contribution in [-0.4, -0.2) is 37.9 Å². The van der Waals surface area contributed by atoms with E-state index in [2.05, 4.69) is 9.97 Å². The molecule has 2 aromatic heterocycles. The Kier molecular flexibility index (Phi) is 6.54. The first-order valence-corrected chi connectivity index (χ1v) is 10.4. The molecule has 6 nitrogen and oxygen atoms in total. The van der Waals surface area contributed by atoms with Crippen molar-refractivity contribution in [2.75, 3.05) is 6.54 Å².